The van der Waals surface area contributed by atoms with Crippen LogP contribution in [0.25, 0.3) is 0 Å². The zero-order valence-electron chi connectivity index (χ0n) is 6.58. The average Bonchev–Trinajstić information content (AvgIpc) is 1.99. The first kappa shape index (κ1) is 11.4. The highest BCUT2D eigenvalue weighted by molar-refractivity contribution is 9.09. The summed E-state index contributed by atoms with van der Waals surface area (Å²) >= 11 is 2.32. The molecule has 14 heavy (non-hydrogen) atoms. The van der Waals surface area contributed by atoms with Gasteiger partial charge in [0.2, 0.25) is 0 Å². The van der Waals surface area contributed by atoms with E-state index in [9.17, 15) is 22.0 Å². The lowest BCUT2D eigenvalue weighted by molar-refractivity contribution is -0.128. The van der Waals surface area contributed by atoms with Gasteiger partial charge in [0.05, 0.1) is 0 Å². The Labute approximate surface area is 84.9 Å². The maximum atomic E-state index is 12.5. The highest BCUT2D eigenvalue weighted by atomic mass is 79.9. The van der Waals surface area contributed by atoms with Crippen LogP contribution < -0.4 is 0 Å². The Morgan fingerprint density at radius 1 is 1.00 bits per heavy atom. The fourth-order valence-corrected chi connectivity index (χ4v) is 1.17. The Hall–Kier alpha value is -0.650. The van der Waals surface area contributed by atoms with Crippen LogP contribution in [-0.4, -0.2) is 6.18 Å². The zero-order chi connectivity index (χ0) is 10.9. The molecule has 6 heteroatoms. The third-order valence-corrected chi connectivity index (χ3v) is 2.51. The van der Waals surface area contributed by atoms with Gasteiger partial charge >= 0.3 is 6.18 Å². The van der Waals surface area contributed by atoms with Crippen LogP contribution in [0.3, 0.4) is 0 Å². The van der Waals surface area contributed by atoms with E-state index < -0.39 is 28.2 Å². The summed E-state index contributed by atoms with van der Waals surface area (Å²) in [4.78, 5) is -2.06. The number of hydrogen-bond donors (Lipinski definition) is 0. The Kier molecular flexibility index (Phi) is 3.14. The van der Waals surface area contributed by atoms with E-state index in [0.717, 1.165) is 0 Å². The molecule has 0 aliphatic carbocycles. The summed E-state index contributed by atoms with van der Waals surface area (Å²) in [5, 5.41) is 0. The first-order valence-electron chi connectivity index (χ1n) is 3.47. The normalized spacial score (nSPS) is 14.1. The zero-order valence-corrected chi connectivity index (χ0v) is 8.16. The van der Waals surface area contributed by atoms with Gasteiger partial charge in [-0.05, 0) is 17.7 Å². The summed E-state index contributed by atoms with van der Waals surface area (Å²) in [6.45, 7) is 0. The summed E-state index contributed by atoms with van der Waals surface area (Å²) in [7, 11) is 0. The first-order chi connectivity index (χ1) is 6.30. The van der Waals surface area contributed by atoms with Crippen LogP contribution in [0.1, 0.15) is 10.4 Å². The number of benzene rings is 1. The van der Waals surface area contributed by atoms with Crippen molar-refractivity contribution >= 4 is 15.9 Å². The van der Waals surface area contributed by atoms with Crippen LogP contribution in [0.2, 0.25) is 0 Å². The topological polar surface area (TPSA) is 0 Å². The molecule has 1 aromatic carbocycles. The van der Waals surface area contributed by atoms with Crippen LogP contribution in [0.4, 0.5) is 22.0 Å². The third kappa shape index (κ3) is 2.67. The van der Waals surface area contributed by atoms with Gasteiger partial charge in [-0.25, -0.2) is 8.78 Å². The van der Waals surface area contributed by atoms with Gasteiger partial charge in [0.25, 0.3) is 0 Å². The van der Waals surface area contributed by atoms with Gasteiger partial charge in [-0.2, -0.15) is 13.2 Å². The largest absolute Gasteiger partial charge is 0.405 e. The number of alkyl halides is 4. The van der Waals surface area contributed by atoms with Crippen LogP contribution in [0.5, 0.6) is 0 Å². The minimum atomic E-state index is -4.57. The van der Waals surface area contributed by atoms with E-state index in [2.05, 4.69) is 15.9 Å². The van der Waals surface area contributed by atoms with Gasteiger partial charge in [0.15, 0.2) is 0 Å². The minimum absolute atomic E-state index is 0.491. The predicted octanol–water partition coefficient (Wildman–Crippen LogP) is 3.96. The summed E-state index contributed by atoms with van der Waals surface area (Å²) in [5.41, 5.74) is -0.491. The Bertz CT molecular complexity index is 313. The van der Waals surface area contributed by atoms with Crippen molar-refractivity contribution in [2.75, 3.05) is 0 Å². The van der Waals surface area contributed by atoms with Crippen molar-refractivity contribution in [3.63, 3.8) is 0 Å². The molecule has 0 saturated carbocycles. The molecule has 0 spiro atoms. The van der Waals surface area contributed by atoms with Crippen molar-refractivity contribution < 1.29 is 22.0 Å². The second-order valence-electron chi connectivity index (χ2n) is 2.61. The smallest absolute Gasteiger partial charge is 0.207 e. The molecule has 1 unspecified atom stereocenters. The van der Waals surface area contributed by atoms with Crippen molar-refractivity contribution in [2.24, 2.45) is 0 Å². The van der Waals surface area contributed by atoms with E-state index in [4.69, 9.17) is 0 Å². The molecule has 0 nitrogen and oxygen atoms in total. The average molecular weight is 275 g/mol. The fourth-order valence-electron chi connectivity index (χ4n) is 0.910. The van der Waals surface area contributed by atoms with Gasteiger partial charge in [0, 0.05) is 6.07 Å². The number of halogens is 6. The van der Waals surface area contributed by atoms with Crippen molar-refractivity contribution in [2.45, 2.75) is 11.0 Å². The summed E-state index contributed by atoms with van der Waals surface area (Å²) in [6, 6.07) is 1.78. The van der Waals surface area contributed by atoms with Crippen LogP contribution in [0, 0.1) is 11.6 Å². The van der Waals surface area contributed by atoms with Gasteiger partial charge in [-0.15, -0.1) is 0 Å². The molecule has 78 valence electrons. The van der Waals surface area contributed by atoms with Crippen LogP contribution >= 0.6 is 15.9 Å². The Morgan fingerprint density at radius 3 is 1.79 bits per heavy atom. The van der Waals surface area contributed by atoms with Crippen molar-refractivity contribution in [3.8, 4) is 0 Å². The molecule has 1 atom stereocenters. The quantitative estimate of drug-likeness (QED) is 0.537. The van der Waals surface area contributed by atoms with E-state index in [-0.39, 0.29) is 0 Å². The SMILES string of the molecule is Fc1cc(F)cc(C(Br)C(F)(F)F)c1. The number of hydrogen-bond acceptors (Lipinski definition) is 0. The molecular formula is C8H4BrF5. The molecule has 1 aromatic rings. The van der Waals surface area contributed by atoms with E-state index in [0.29, 0.717) is 18.2 Å². The lowest BCUT2D eigenvalue weighted by Gasteiger charge is -2.14. The molecule has 0 bridgehead atoms. The molecule has 0 amide bonds. The Balaban J connectivity index is 3.07. The molecule has 0 saturated heterocycles. The second-order valence-corrected chi connectivity index (χ2v) is 3.52. The molecule has 0 radical (unpaired) electrons. The maximum Gasteiger partial charge on any atom is 0.405 e. The molecule has 0 aromatic heterocycles. The molecule has 0 N–H and O–H groups in total. The van der Waals surface area contributed by atoms with Gasteiger partial charge in [-0.3, -0.25) is 0 Å². The fraction of sp³-hybridized carbons (Fsp3) is 0.250. The monoisotopic (exact) mass is 274 g/mol. The summed E-state index contributed by atoms with van der Waals surface area (Å²) < 4.78 is 61.4. The van der Waals surface area contributed by atoms with E-state index in [1.807, 2.05) is 0 Å². The minimum Gasteiger partial charge on any atom is -0.207 e. The molecule has 0 aliphatic heterocycles. The Morgan fingerprint density at radius 2 is 1.43 bits per heavy atom. The van der Waals surface area contributed by atoms with Crippen LogP contribution in [-0.2, 0) is 0 Å². The second kappa shape index (κ2) is 3.84. The first-order valence-corrected chi connectivity index (χ1v) is 4.39. The molecule has 0 fully saturated rings. The van der Waals surface area contributed by atoms with Gasteiger partial charge < -0.3 is 0 Å². The van der Waals surface area contributed by atoms with Gasteiger partial charge in [-0.1, -0.05) is 15.9 Å². The lowest BCUT2D eigenvalue weighted by atomic mass is 10.1. The predicted molar refractivity (Wildman–Crippen MR) is 44.1 cm³/mol. The molecular weight excluding hydrogens is 271 g/mol. The van der Waals surface area contributed by atoms with Crippen LogP contribution in [0.15, 0.2) is 18.2 Å². The molecule has 0 heterocycles. The van der Waals surface area contributed by atoms with E-state index in [1.165, 1.54) is 0 Å². The number of rotatable bonds is 1. The van der Waals surface area contributed by atoms with Crippen molar-refractivity contribution in [3.05, 3.63) is 35.4 Å². The third-order valence-electron chi connectivity index (χ3n) is 1.46. The highest BCUT2D eigenvalue weighted by Crippen LogP contribution is 2.39. The van der Waals surface area contributed by atoms with Crippen molar-refractivity contribution in [1.82, 2.24) is 0 Å². The van der Waals surface area contributed by atoms with E-state index >= 15 is 0 Å². The maximum absolute atomic E-state index is 12.5. The molecule has 1 rings (SSSR count). The molecule has 0 aliphatic rings. The summed E-state index contributed by atoms with van der Waals surface area (Å²) in [5.74, 6) is -2.07. The van der Waals surface area contributed by atoms with Crippen molar-refractivity contribution in [1.29, 1.82) is 0 Å². The van der Waals surface area contributed by atoms with E-state index in [1.54, 1.807) is 0 Å². The standard InChI is InChI=1S/C8H4BrF5/c9-7(8(12,13)14)4-1-5(10)3-6(11)2-4/h1-3,7H. The van der Waals surface area contributed by atoms with Gasteiger partial charge in [0.1, 0.15) is 16.5 Å². The highest BCUT2D eigenvalue weighted by Gasteiger charge is 2.39. The lowest BCUT2D eigenvalue weighted by Crippen LogP contribution is -2.15. The summed E-state index contributed by atoms with van der Waals surface area (Å²) in [6.07, 6.45) is -4.57.